The fraction of sp³-hybridized carbons (Fsp3) is 0.875. The molecule has 0 unspecified atom stereocenters. The molecule has 4 nitrogen and oxygen atoms in total. The first-order valence-electron chi connectivity index (χ1n) is 7.55. The predicted octanol–water partition coefficient (Wildman–Crippen LogP) is 2.55. The standard InChI is InChI=1S/C16H29N3O/c1-15(2,3)10-14(20)19-8-6-13(7-9-19)18-12-16(4,5)11-17/h13,18H,6-10,12H2,1-5H3. The van der Waals surface area contributed by atoms with Crippen molar-refractivity contribution in [3.05, 3.63) is 0 Å². The third-order valence-electron chi connectivity index (χ3n) is 3.66. The van der Waals surface area contributed by atoms with Crippen LogP contribution in [0.3, 0.4) is 0 Å². The molecule has 1 saturated heterocycles. The Morgan fingerprint density at radius 1 is 1.25 bits per heavy atom. The topological polar surface area (TPSA) is 56.1 Å². The quantitative estimate of drug-likeness (QED) is 0.860. The summed E-state index contributed by atoms with van der Waals surface area (Å²) in [5, 5.41) is 12.5. The molecule has 4 heteroatoms. The van der Waals surface area contributed by atoms with Crippen LogP contribution >= 0.6 is 0 Å². The van der Waals surface area contributed by atoms with E-state index in [1.54, 1.807) is 0 Å². The van der Waals surface area contributed by atoms with E-state index in [1.165, 1.54) is 0 Å². The highest BCUT2D eigenvalue weighted by Gasteiger charge is 2.26. The molecule has 1 N–H and O–H groups in total. The number of nitrogens with one attached hydrogen (secondary N) is 1. The average Bonchev–Trinajstić information content (AvgIpc) is 2.35. The van der Waals surface area contributed by atoms with Crippen molar-refractivity contribution in [2.45, 2.75) is 59.9 Å². The lowest BCUT2D eigenvalue weighted by Gasteiger charge is -2.35. The van der Waals surface area contributed by atoms with Gasteiger partial charge in [-0.1, -0.05) is 20.8 Å². The Kier molecular flexibility index (Phi) is 5.59. The van der Waals surface area contributed by atoms with Gasteiger partial charge in [-0.05, 0) is 32.1 Å². The second-order valence-electron chi connectivity index (χ2n) is 7.77. The van der Waals surface area contributed by atoms with Crippen LogP contribution in [0.25, 0.3) is 0 Å². The van der Waals surface area contributed by atoms with E-state index in [0.717, 1.165) is 25.9 Å². The largest absolute Gasteiger partial charge is 0.343 e. The van der Waals surface area contributed by atoms with Gasteiger partial charge in [0.25, 0.3) is 0 Å². The molecular formula is C16H29N3O. The van der Waals surface area contributed by atoms with Crippen molar-refractivity contribution in [1.29, 1.82) is 5.26 Å². The van der Waals surface area contributed by atoms with Gasteiger partial charge in [0, 0.05) is 32.1 Å². The molecule has 1 heterocycles. The lowest BCUT2D eigenvalue weighted by molar-refractivity contribution is -0.134. The molecule has 1 amide bonds. The third kappa shape index (κ3) is 5.92. The molecule has 0 aromatic rings. The number of hydrogen-bond acceptors (Lipinski definition) is 3. The molecule has 0 spiro atoms. The molecule has 1 rings (SSSR count). The summed E-state index contributed by atoms with van der Waals surface area (Å²) in [6.07, 6.45) is 2.58. The van der Waals surface area contributed by atoms with E-state index in [4.69, 9.17) is 5.26 Å². The van der Waals surface area contributed by atoms with E-state index in [-0.39, 0.29) is 16.7 Å². The molecule has 114 valence electrons. The van der Waals surface area contributed by atoms with E-state index < -0.39 is 0 Å². The fourth-order valence-electron chi connectivity index (χ4n) is 2.34. The van der Waals surface area contributed by atoms with Crippen molar-refractivity contribution >= 4 is 5.91 Å². The van der Waals surface area contributed by atoms with Crippen molar-refractivity contribution in [2.75, 3.05) is 19.6 Å². The van der Waals surface area contributed by atoms with Crippen LogP contribution in [0.4, 0.5) is 0 Å². The minimum absolute atomic E-state index is 0.0585. The summed E-state index contributed by atoms with van der Waals surface area (Å²) in [5.74, 6) is 0.272. The minimum Gasteiger partial charge on any atom is -0.343 e. The van der Waals surface area contributed by atoms with Crippen LogP contribution < -0.4 is 5.32 Å². The monoisotopic (exact) mass is 279 g/mol. The fourth-order valence-corrected chi connectivity index (χ4v) is 2.34. The van der Waals surface area contributed by atoms with Crippen LogP contribution in [0.2, 0.25) is 0 Å². The highest BCUT2D eigenvalue weighted by atomic mass is 16.2. The molecular weight excluding hydrogens is 250 g/mol. The maximum absolute atomic E-state index is 12.1. The van der Waals surface area contributed by atoms with E-state index in [9.17, 15) is 4.79 Å². The van der Waals surface area contributed by atoms with E-state index in [0.29, 0.717) is 19.0 Å². The Morgan fingerprint density at radius 3 is 2.25 bits per heavy atom. The van der Waals surface area contributed by atoms with Crippen LogP contribution in [0.15, 0.2) is 0 Å². The summed E-state index contributed by atoms with van der Waals surface area (Å²) in [6, 6.07) is 2.74. The van der Waals surface area contributed by atoms with Crippen LogP contribution in [0.5, 0.6) is 0 Å². The van der Waals surface area contributed by atoms with Gasteiger partial charge in [0.2, 0.25) is 5.91 Å². The van der Waals surface area contributed by atoms with Crippen LogP contribution in [0.1, 0.15) is 53.9 Å². The minimum atomic E-state index is -0.320. The molecule has 0 aromatic carbocycles. The third-order valence-corrected chi connectivity index (χ3v) is 3.66. The van der Waals surface area contributed by atoms with Crippen LogP contribution in [0, 0.1) is 22.2 Å². The number of nitriles is 1. The number of piperidine rings is 1. The molecule has 0 bridgehead atoms. The van der Waals surface area contributed by atoms with Gasteiger partial charge in [-0.15, -0.1) is 0 Å². The van der Waals surface area contributed by atoms with Crippen molar-refractivity contribution < 1.29 is 4.79 Å². The van der Waals surface area contributed by atoms with Gasteiger partial charge >= 0.3 is 0 Å². The SMILES string of the molecule is CC(C)(C)CC(=O)N1CCC(NCC(C)(C)C#N)CC1. The Balaban J connectivity index is 2.34. The number of carbonyl (C=O) groups excluding carboxylic acids is 1. The summed E-state index contributed by atoms with van der Waals surface area (Å²) >= 11 is 0. The van der Waals surface area contributed by atoms with Gasteiger partial charge in [0.05, 0.1) is 11.5 Å². The number of hydrogen-bond donors (Lipinski definition) is 1. The molecule has 0 saturated carbocycles. The number of rotatable bonds is 4. The maximum atomic E-state index is 12.1. The Labute approximate surface area is 123 Å². The summed E-state index contributed by atoms with van der Waals surface area (Å²) < 4.78 is 0. The number of carbonyl (C=O) groups is 1. The number of likely N-dealkylation sites (tertiary alicyclic amines) is 1. The lowest BCUT2D eigenvalue weighted by Crippen LogP contribution is -2.47. The molecule has 0 aliphatic carbocycles. The Morgan fingerprint density at radius 2 is 1.80 bits per heavy atom. The van der Waals surface area contributed by atoms with Gasteiger partial charge in [-0.3, -0.25) is 4.79 Å². The van der Waals surface area contributed by atoms with Gasteiger partial charge in [-0.25, -0.2) is 0 Å². The predicted molar refractivity (Wildman–Crippen MR) is 81.1 cm³/mol. The van der Waals surface area contributed by atoms with Crippen molar-refractivity contribution in [3.8, 4) is 6.07 Å². The van der Waals surface area contributed by atoms with E-state index in [2.05, 4.69) is 32.2 Å². The first-order chi connectivity index (χ1) is 9.13. The van der Waals surface area contributed by atoms with Crippen molar-refractivity contribution in [1.82, 2.24) is 10.2 Å². The highest BCUT2D eigenvalue weighted by molar-refractivity contribution is 5.76. The normalized spacial score (nSPS) is 17.9. The molecule has 1 aliphatic heterocycles. The van der Waals surface area contributed by atoms with Crippen molar-refractivity contribution in [3.63, 3.8) is 0 Å². The molecule has 0 aromatic heterocycles. The highest BCUT2D eigenvalue weighted by Crippen LogP contribution is 2.22. The molecule has 0 atom stereocenters. The summed E-state index contributed by atoms with van der Waals surface area (Å²) in [6.45, 7) is 12.6. The zero-order valence-electron chi connectivity index (χ0n) is 13.6. The summed E-state index contributed by atoms with van der Waals surface area (Å²) in [5.41, 5.74) is -0.262. The first kappa shape index (κ1) is 17.0. The van der Waals surface area contributed by atoms with Crippen LogP contribution in [-0.4, -0.2) is 36.5 Å². The lowest BCUT2D eigenvalue weighted by atomic mass is 9.91. The Hall–Kier alpha value is -1.08. The summed E-state index contributed by atoms with van der Waals surface area (Å²) in [4.78, 5) is 14.1. The molecule has 1 fully saturated rings. The second-order valence-corrected chi connectivity index (χ2v) is 7.77. The zero-order valence-corrected chi connectivity index (χ0v) is 13.6. The average molecular weight is 279 g/mol. The van der Waals surface area contributed by atoms with E-state index >= 15 is 0 Å². The van der Waals surface area contributed by atoms with Gasteiger partial charge in [0.15, 0.2) is 0 Å². The smallest absolute Gasteiger partial charge is 0.223 e. The molecule has 1 aliphatic rings. The Bertz CT molecular complexity index is 368. The van der Waals surface area contributed by atoms with Gasteiger partial charge in [0.1, 0.15) is 0 Å². The van der Waals surface area contributed by atoms with Crippen molar-refractivity contribution in [2.24, 2.45) is 10.8 Å². The zero-order chi connectivity index (χ0) is 15.4. The van der Waals surface area contributed by atoms with Gasteiger partial charge < -0.3 is 10.2 Å². The molecule has 20 heavy (non-hydrogen) atoms. The first-order valence-corrected chi connectivity index (χ1v) is 7.55. The molecule has 0 radical (unpaired) electrons. The maximum Gasteiger partial charge on any atom is 0.223 e. The summed E-state index contributed by atoms with van der Waals surface area (Å²) in [7, 11) is 0. The van der Waals surface area contributed by atoms with Crippen LogP contribution in [-0.2, 0) is 4.79 Å². The van der Waals surface area contributed by atoms with Gasteiger partial charge in [-0.2, -0.15) is 5.26 Å². The second kappa shape index (κ2) is 6.58. The van der Waals surface area contributed by atoms with E-state index in [1.807, 2.05) is 18.7 Å². The number of nitrogens with zero attached hydrogens (tertiary/aromatic N) is 2. The number of amides is 1.